The zero-order valence-electron chi connectivity index (χ0n) is 10.9. The van der Waals surface area contributed by atoms with Gasteiger partial charge in [-0.25, -0.2) is 0 Å². The molecule has 1 aliphatic heterocycles. The topological polar surface area (TPSA) is 62.4 Å². The summed E-state index contributed by atoms with van der Waals surface area (Å²) in [7, 11) is 2.07. The quantitative estimate of drug-likeness (QED) is 0.893. The van der Waals surface area contributed by atoms with Crippen molar-refractivity contribution in [3.63, 3.8) is 0 Å². The molecule has 0 spiro atoms. The number of thioether (sulfide) groups is 1. The minimum absolute atomic E-state index is 0.134. The number of rotatable bonds is 2. The minimum atomic E-state index is 0.134. The number of phenols is 1. The van der Waals surface area contributed by atoms with Gasteiger partial charge in [0.1, 0.15) is 5.75 Å². The van der Waals surface area contributed by atoms with Gasteiger partial charge in [-0.3, -0.25) is 4.90 Å². The van der Waals surface area contributed by atoms with E-state index in [1.54, 1.807) is 18.2 Å². The summed E-state index contributed by atoms with van der Waals surface area (Å²) in [6.45, 7) is 1.02. The van der Waals surface area contributed by atoms with E-state index in [-0.39, 0.29) is 11.8 Å². The summed E-state index contributed by atoms with van der Waals surface area (Å²) >= 11 is 5.27. The number of hydrogen-bond acceptors (Lipinski definition) is 6. The van der Waals surface area contributed by atoms with Crippen molar-refractivity contribution >= 4 is 27.7 Å². The van der Waals surface area contributed by atoms with Crippen molar-refractivity contribution in [1.82, 2.24) is 15.0 Å². The molecule has 1 aromatic carbocycles. The van der Waals surface area contributed by atoms with Crippen LogP contribution in [-0.4, -0.2) is 45.2 Å². The highest BCUT2D eigenvalue weighted by molar-refractivity contribution is 9.10. The fraction of sp³-hybridized carbons (Fsp3) is 0.385. The fourth-order valence-corrected chi connectivity index (χ4v) is 3.69. The van der Waals surface area contributed by atoms with Gasteiger partial charge in [0.25, 0.3) is 5.89 Å². The molecule has 0 amide bonds. The lowest BCUT2D eigenvalue weighted by atomic mass is 10.2. The first kappa shape index (κ1) is 13.9. The molecule has 2 aromatic rings. The van der Waals surface area contributed by atoms with Gasteiger partial charge in [0.15, 0.2) is 5.82 Å². The van der Waals surface area contributed by atoms with Crippen LogP contribution < -0.4 is 0 Å². The molecule has 1 N–H and O–H groups in total. The molecule has 106 valence electrons. The van der Waals surface area contributed by atoms with Crippen LogP contribution >= 0.6 is 27.7 Å². The normalized spacial score (nSPS) is 20.2. The molecule has 1 atom stereocenters. The number of benzene rings is 1. The van der Waals surface area contributed by atoms with Crippen molar-refractivity contribution in [1.29, 1.82) is 0 Å². The summed E-state index contributed by atoms with van der Waals surface area (Å²) < 4.78 is 6.17. The zero-order valence-corrected chi connectivity index (χ0v) is 13.3. The molecular weight excluding hydrogens is 342 g/mol. The Balaban J connectivity index is 1.91. The van der Waals surface area contributed by atoms with Gasteiger partial charge in [0.05, 0.1) is 11.6 Å². The van der Waals surface area contributed by atoms with Crippen LogP contribution in [0.1, 0.15) is 11.9 Å². The smallest absolute Gasteiger partial charge is 0.261 e. The number of nitrogens with zero attached hydrogens (tertiary/aromatic N) is 3. The van der Waals surface area contributed by atoms with Gasteiger partial charge < -0.3 is 9.63 Å². The maximum Gasteiger partial charge on any atom is 0.261 e. The molecule has 0 saturated carbocycles. The predicted molar refractivity (Wildman–Crippen MR) is 81.8 cm³/mol. The molecule has 1 aromatic heterocycles. The van der Waals surface area contributed by atoms with E-state index in [0.29, 0.717) is 17.3 Å². The van der Waals surface area contributed by atoms with E-state index < -0.39 is 0 Å². The Morgan fingerprint density at radius 1 is 1.50 bits per heavy atom. The zero-order chi connectivity index (χ0) is 14.1. The summed E-state index contributed by atoms with van der Waals surface area (Å²) in [5.74, 6) is 3.25. The van der Waals surface area contributed by atoms with Crippen molar-refractivity contribution in [3.05, 3.63) is 28.5 Å². The Labute approximate surface area is 129 Å². The van der Waals surface area contributed by atoms with E-state index in [0.717, 1.165) is 22.5 Å². The summed E-state index contributed by atoms with van der Waals surface area (Å²) in [4.78, 5) is 6.67. The Hall–Kier alpha value is -1.05. The van der Waals surface area contributed by atoms with Gasteiger partial charge in [-0.15, -0.1) is 0 Å². The van der Waals surface area contributed by atoms with Gasteiger partial charge in [-0.05, 0) is 25.2 Å². The second kappa shape index (κ2) is 5.75. The molecular formula is C13H14BrN3O2S. The van der Waals surface area contributed by atoms with E-state index in [4.69, 9.17) is 4.52 Å². The van der Waals surface area contributed by atoms with Crippen molar-refractivity contribution in [2.45, 2.75) is 6.04 Å². The minimum Gasteiger partial charge on any atom is -0.507 e. The monoisotopic (exact) mass is 355 g/mol. The van der Waals surface area contributed by atoms with E-state index in [2.05, 4.69) is 38.0 Å². The highest BCUT2D eigenvalue weighted by Crippen LogP contribution is 2.33. The highest BCUT2D eigenvalue weighted by atomic mass is 79.9. The maximum atomic E-state index is 9.90. The lowest BCUT2D eigenvalue weighted by Crippen LogP contribution is -2.33. The highest BCUT2D eigenvalue weighted by Gasteiger charge is 2.26. The first-order chi connectivity index (χ1) is 9.65. The largest absolute Gasteiger partial charge is 0.507 e. The molecule has 1 fully saturated rings. The molecule has 5 nitrogen and oxygen atoms in total. The van der Waals surface area contributed by atoms with Crippen molar-refractivity contribution in [2.24, 2.45) is 0 Å². The third-order valence-corrected chi connectivity index (χ3v) is 4.84. The number of hydrogen-bond donors (Lipinski definition) is 1. The summed E-state index contributed by atoms with van der Waals surface area (Å²) in [6, 6.07) is 5.31. The molecule has 1 aliphatic rings. The maximum absolute atomic E-state index is 9.90. The van der Waals surface area contributed by atoms with Crippen LogP contribution in [0.2, 0.25) is 0 Å². The van der Waals surface area contributed by atoms with Crippen molar-refractivity contribution in [3.8, 4) is 17.2 Å². The molecule has 1 saturated heterocycles. The van der Waals surface area contributed by atoms with Crippen LogP contribution in [0.15, 0.2) is 27.2 Å². The van der Waals surface area contributed by atoms with E-state index >= 15 is 0 Å². The van der Waals surface area contributed by atoms with E-state index in [1.807, 2.05) is 11.8 Å². The molecule has 0 bridgehead atoms. The molecule has 3 rings (SSSR count). The molecule has 2 heterocycles. The Bertz CT molecular complexity index is 619. The lowest BCUT2D eigenvalue weighted by molar-refractivity contribution is 0.257. The van der Waals surface area contributed by atoms with Crippen LogP contribution in [0.3, 0.4) is 0 Å². The van der Waals surface area contributed by atoms with Crippen LogP contribution in [0.5, 0.6) is 5.75 Å². The Kier molecular flexibility index (Phi) is 4.00. The average Bonchev–Trinajstić information content (AvgIpc) is 2.91. The SMILES string of the molecule is CN1CCSCC1c1noc(-c2cc(Br)ccc2O)n1. The van der Waals surface area contributed by atoms with Gasteiger partial charge in [-0.1, -0.05) is 21.1 Å². The molecule has 0 aliphatic carbocycles. The van der Waals surface area contributed by atoms with Crippen LogP contribution in [-0.2, 0) is 0 Å². The molecule has 1 unspecified atom stereocenters. The lowest BCUT2D eigenvalue weighted by Gasteiger charge is -2.29. The number of phenolic OH excluding ortho intramolecular Hbond substituents is 1. The third kappa shape index (κ3) is 2.70. The second-order valence-electron chi connectivity index (χ2n) is 4.69. The van der Waals surface area contributed by atoms with Gasteiger partial charge >= 0.3 is 0 Å². The standard InChI is InChI=1S/C13H14BrN3O2S/c1-17-4-5-20-7-10(17)12-15-13(19-16-12)9-6-8(14)2-3-11(9)18/h2-3,6,10,18H,4-5,7H2,1H3. The summed E-state index contributed by atoms with van der Waals surface area (Å²) in [6.07, 6.45) is 0. The van der Waals surface area contributed by atoms with Gasteiger partial charge in [-0.2, -0.15) is 16.7 Å². The molecule has 7 heteroatoms. The molecule has 20 heavy (non-hydrogen) atoms. The number of aromatic nitrogens is 2. The van der Waals surface area contributed by atoms with E-state index in [9.17, 15) is 5.11 Å². The van der Waals surface area contributed by atoms with Crippen molar-refractivity contribution in [2.75, 3.05) is 25.1 Å². The van der Waals surface area contributed by atoms with Gasteiger partial charge in [0, 0.05) is 22.5 Å². The third-order valence-electron chi connectivity index (χ3n) is 3.32. The van der Waals surface area contributed by atoms with Crippen LogP contribution in [0.25, 0.3) is 11.5 Å². The van der Waals surface area contributed by atoms with Crippen molar-refractivity contribution < 1.29 is 9.63 Å². The van der Waals surface area contributed by atoms with Crippen LogP contribution in [0.4, 0.5) is 0 Å². The predicted octanol–water partition coefficient (Wildman–Crippen LogP) is 2.92. The van der Waals surface area contributed by atoms with Crippen LogP contribution in [0, 0.1) is 0 Å². The molecule has 0 radical (unpaired) electrons. The number of aromatic hydroxyl groups is 1. The first-order valence-electron chi connectivity index (χ1n) is 6.25. The first-order valence-corrected chi connectivity index (χ1v) is 8.20. The number of halogens is 1. The Morgan fingerprint density at radius 3 is 3.15 bits per heavy atom. The Morgan fingerprint density at radius 2 is 2.35 bits per heavy atom. The summed E-state index contributed by atoms with van der Waals surface area (Å²) in [5.41, 5.74) is 0.546. The van der Waals surface area contributed by atoms with Gasteiger partial charge in [0.2, 0.25) is 0 Å². The fourth-order valence-electron chi connectivity index (χ4n) is 2.12. The summed E-state index contributed by atoms with van der Waals surface area (Å²) in [5, 5.41) is 14.0. The second-order valence-corrected chi connectivity index (χ2v) is 6.76. The average molecular weight is 356 g/mol. The van der Waals surface area contributed by atoms with E-state index in [1.165, 1.54) is 0 Å².